The Kier molecular flexibility index (Phi) is 4.96. The molecule has 0 aliphatic heterocycles. The van der Waals surface area contributed by atoms with Crippen LogP contribution in [0.5, 0.6) is 0 Å². The average molecular weight is 390 g/mol. The molecule has 0 aromatic carbocycles. The molecule has 28 heavy (non-hydrogen) atoms. The lowest BCUT2D eigenvalue weighted by Crippen LogP contribution is -2.51. The SMILES string of the molecule is CC1(C)CC(NC(=O)n2cnc(N)n2)CC(C)(CNC(=O)n2cnc(N)n2)C1. The van der Waals surface area contributed by atoms with E-state index in [1.807, 2.05) is 0 Å². The first-order chi connectivity index (χ1) is 13.1. The van der Waals surface area contributed by atoms with Crippen LogP contribution in [-0.2, 0) is 0 Å². The van der Waals surface area contributed by atoms with Crippen molar-refractivity contribution in [1.29, 1.82) is 0 Å². The summed E-state index contributed by atoms with van der Waals surface area (Å²) in [6.45, 7) is 6.82. The number of carbonyl (C=O) groups is 2. The zero-order valence-corrected chi connectivity index (χ0v) is 16.2. The quantitative estimate of drug-likeness (QED) is 0.584. The van der Waals surface area contributed by atoms with Crippen LogP contribution in [0, 0.1) is 10.8 Å². The van der Waals surface area contributed by atoms with Gasteiger partial charge in [0.2, 0.25) is 11.9 Å². The van der Waals surface area contributed by atoms with Gasteiger partial charge in [-0.05, 0) is 30.1 Å². The van der Waals surface area contributed by atoms with Crippen LogP contribution in [0.25, 0.3) is 0 Å². The van der Waals surface area contributed by atoms with E-state index in [0.717, 1.165) is 22.2 Å². The van der Waals surface area contributed by atoms with E-state index in [1.54, 1.807) is 0 Å². The third kappa shape index (κ3) is 4.56. The fourth-order valence-corrected chi connectivity index (χ4v) is 4.23. The normalized spacial score (nSPS) is 23.9. The zero-order valence-electron chi connectivity index (χ0n) is 16.2. The molecule has 2 heterocycles. The number of anilines is 2. The van der Waals surface area contributed by atoms with E-state index in [0.29, 0.717) is 13.0 Å². The standard InChI is InChI=1S/C16H26N10O2/c1-15(2)4-10(22-14(28)26-9-21-12(18)24-26)5-16(3,6-15)7-19-13(27)25-8-20-11(17)23-25/h8-10H,4-7H2,1-3H3,(H2,17,23)(H2,18,24)(H,19,27)(H,22,28). The Morgan fingerprint density at radius 2 is 1.64 bits per heavy atom. The summed E-state index contributed by atoms with van der Waals surface area (Å²) >= 11 is 0. The third-order valence-corrected chi connectivity index (χ3v) is 4.87. The Morgan fingerprint density at radius 3 is 2.18 bits per heavy atom. The molecule has 12 heteroatoms. The second-order valence-corrected chi connectivity index (χ2v) is 8.46. The van der Waals surface area contributed by atoms with Gasteiger partial charge in [0.15, 0.2) is 0 Å². The number of nitrogens with one attached hydrogen (secondary N) is 2. The summed E-state index contributed by atoms with van der Waals surface area (Å²) in [5.41, 5.74) is 10.7. The largest absolute Gasteiger partial charge is 0.366 e. The smallest absolute Gasteiger partial charge is 0.343 e. The van der Waals surface area contributed by atoms with Gasteiger partial charge in [0.25, 0.3) is 0 Å². The van der Waals surface area contributed by atoms with E-state index >= 15 is 0 Å². The van der Waals surface area contributed by atoms with Gasteiger partial charge in [0, 0.05) is 12.6 Å². The van der Waals surface area contributed by atoms with Crippen LogP contribution < -0.4 is 22.1 Å². The van der Waals surface area contributed by atoms with Crippen molar-refractivity contribution in [2.24, 2.45) is 10.8 Å². The average Bonchev–Trinajstić information content (AvgIpc) is 3.19. The molecule has 2 atom stereocenters. The number of aromatic nitrogens is 6. The topological polar surface area (TPSA) is 172 Å². The minimum atomic E-state index is -0.396. The summed E-state index contributed by atoms with van der Waals surface area (Å²) in [5, 5.41) is 13.5. The van der Waals surface area contributed by atoms with Crippen molar-refractivity contribution in [1.82, 2.24) is 40.2 Å². The van der Waals surface area contributed by atoms with Crippen LogP contribution in [-0.4, -0.2) is 54.2 Å². The van der Waals surface area contributed by atoms with Crippen molar-refractivity contribution in [3.8, 4) is 0 Å². The van der Waals surface area contributed by atoms with E-state index in [-0.39, 0.29) is 34.8 Å². The van der Waals surface area contributed by atoms with Crippen molar-refractivity contribution in [3.05, 3.63) is 12.7 Å². The second-order valence-electron chi connectivity index (χ2n) is 8.46. The van der Waals surface area contributed by atoms with Crippen LogP contribution >= 0.6 is 0 Å². The molecule has 2 aromatic heterocycles. The van der Waals surface area contributed by atoms with Crippen molar-refractivity contribution in [2.75, 3.05) is 18.0 Å². The molecule has 1 saturated carbocycles. The molecular weight excluding hydrogens is 364 g/mol. The lowest BCUT2D eigenvalue weighted by atomic mass is 9.62. The molecule has 0 saturated heterocycles. The van der Waals surface area contributed by atoms with Gasteiger partial charge in [0.05, 0.1) is 0 Å². The van der Waals surface area contributed by atoms with Crippen molar-refractivity contribution < 1.29 is 9.59 Å². The van der Waals surface area contributed by atoms with E-state index in [2.05, 4.69) is 51.6 Å². The van der Waals surface area contributed by atoms with Crippen LogP contribution in [0.15, 0.2) is 12.7 Å². The van der Waals surface area contributed by atoms with Gasteiger partial charge in [-0.3, -0.25) is 0 Å². The predicted octanol–water partition coefficient (Wildman–Crippen LogP) is 0.435. The van der Waals surface area contributed by atoms with Gasteiger partial charge in [-0.2, -0.15) is 9.36 Å². The maximum absolute atomic E-state index is 12.4. The lowest BCUT2D eigenvalue weighted by Gasteiger charge is -2.46. The molecule has 0 spiro atoms. The van der Waals surface area contributed by atoms with Crippen molar-refractivity contribution in [2.45, 2.75) is 46.1 Å². The van der Waals surface area contributed by atoms with Crippen LogP contribution in [0.4, 0.5) is 21.5 Å². The third-order valence-electron chi connectivity index (χ3n) is 4.87. The maximum Gasteiger partial charge on any atom is 0.343 e. The molecule has 3 rings (SSSR count). The molecular formula is C16H26N10O2. The minimum Gasteiger partial charge on any atom is -0.366 e. The van der Waals surface area contributed by atoms with Crippen molar-refractivity contribution in [3.63, 3.8) is 0 Å². The molecule has 2 unspecified atom stereocenters. The van der Waals surface area contributed by atoms with Gasteiger partial charge >= 0.3 is 12.1 Å². The first-order valence-electron chi connectivity index (χ1n) is 8.99. The van der Waals surface area contributed by atoms with Gasteiger partial charge < -0.3 is 22.1 Å². The van der Waals surface area contributed by atoms with Crippen molar-refractivity contribution >= 4 is 24.0 Å². The molecule has 6 N–H and O–H groups in total. The highest BCUT2D eigenvalue weighted by atomic mass is 16.2. The molecule has 12 nitrogen and oxygen atoms in total. The molecule has 0 radical (unpaired) electrons. The number of nitrogens with two attached hydrogens (primary N) is 2. The van der Waals surface area contributed by atoms with Gasteiger partial charge in [-0.25, -0.2) is 19.6 Å². The van der Waals surface area contributed by atoms with E-state index in [4.69, 9.17) is 11.5 Å². The zero-order chi connectivity index (χ0) is 20.5. The number of carbonyl (C=O) groups excluding carboxylic acids is 2. The number of nitrogens with zero attached hydrogens (tertiary/aromatic N) is 6. The highest BCUT2D eigenvalue weighted by molar-refractivity contribution is 5.76. The van der Waals surface area contributed by atoms with Gasteiger partial charge in [0.1, 0.15) is 12.7 Å². The highest BCUT2D eigenvalue weighted by Crippen LogP contribution is 2.45. The first-order valence-corrected chi connectivity index (χ1v) is 8.99. The molecule has 0 bridgehead atoms. The number of rotatable bonds is 3. The van der Waals surface area contributed by atoms with Gasteiger partial charge in [-0.15, -0.1) is 10.2 Å². The van der Waals surface area contributed by atoms with E-state index < -0.39 is 6.03 Å². The molecule has 1 fully saturated rings. The summed E-state index contributed by atoms with van der Waals surface area (Å²) in [6, 6.07) is -0.852. The fraction of sp³-hybridized carbons (Fsp3) is 0.625. The molecule has 1 aliphatic rings. The predicted molar refractivity (Wildman–Crippen MR) is 101 cm³/mol. The minimum absolute atomic E-state index is 0.0191. The van der Waals surface area contributed by atoms with E-state index in [1.165, 1.54) is 12.7 Å². The Hall–Kier alpha value is -3.18. The Morgan fingerprint density at radius 1 is 1.07 bits per heavy atom. The Labute approximate surface area is 162 Å². The van der Waals surface area contributed by atoms with E-state index in [9.17, 15) is 9.59 Å². The maximum atomic E-state index is 12.4. The van der Waals surface area contributed by atoms with Crippen LogP contribution in [0.1, 0.15) is 40.0 Å². The fourth-order valence-electron chi connectivity index (χ4n) is 4.23. The number of hydrogen-bond donors (Lipinski definition) is 4. The number of amides is 2. The summed E-state index contributed by atoms with van der Waals surface area (Å²) in [5.74, 6) is 0.0807. The Balaban J connectivity index is 1.64. The molecule has 152 valence electrons. The summed E-state index contributed by atoms with van der Waals surface area (Å²) in [7, 11) is 0. The lowest BCUT2D eigenvalue weighted by molar-refractivity contribution is 0.0748. The van der Waals surface area contributed by atoms with Crippen LogP contribution in [0.2, 0.25) is 0 Å². The Bertz CT molecular complexity index is 872. The summed E-state index contributed by atoms with van der Waals surface area (Å²) in [6.07, 6.45) is 4.95. The number of hydrogen-bond acceptors (Lipinski definition) is 8. The molecule has 2 amide bonds. The highest BCUT2D eigenvalue weighted by Gasteiger charge is 2.42. The summed E-state index contributed by atoms with van der Waals surface area (Å²) in [4.78, 5) is 32.2. The second kappa shape index (κ2) is 7.09. The summed E-state index contributed by atoms with van der Waals surface area (Å²) < 4.78 is 2.16. The monoisotopic (exact) mass is 390 g/mol. The van der Waals surface area contributed by atoms with Gasteiger partial charge in [-0.1, -0.05) is 20.8 Å². The molecule has 1 aliphatic carbocycles. The first kappa shape index (κ1) is 19.6. The number of nitrogen functional groups attached to an aromatic ring is 2. The van der Waals surface area contributed by atoms with Crippen LogP contribution in [0.3, 0.4) is 0 Å². The molecule has 2 aromatic rings.